The third-order valence-corrected chi connectivity index (χ3v) is 12.5. The molecular formula is C55H69LiN6O6. The van der Waals surface area contributed by atoms with E-state index in [-0.39, 0.29) is 37.3 Å². The van der Waals surface area contributed by atoms with Crippen molar-refractivity contribution in [3.8, 4) is 5.75 Å². The summed E-state index contributed by atoms with van der Waals surface area (Å²) in [4.78, 5) is 36.6. The third-order valence-electron chi connectivity index (χ3n) is 12.5. The summed E-state index contributed by atoms with van der Waals surface area (Å²) in [5.74, 6) is -0.572. The summed E-state index contributed by atoms with van der Waals surface area (Å²) < 4.78 is 5.75. The number of aliphatic hydroxyl groups excluding tert-OH is 2. The Hall–Kier alpha value is -5.16. The molecule has 5 N–H and O–H groups in total. The third kappa shape index (κ3) is 18.1. The van der Waals surface area contributed by atoms with Gasteiger partial charge in [-0.1, -0.05) is 84.9 Å². The number of amides is 1. The van der Waals surface area contributed by atoms with Crippen LogP contribution in [0.15, 0.2) is 134 Å². The van der Waals surface area contributed by atoms with Crippen molar-refractivity contribution < 1.29 is 48.5 Å². The fourth-order valence-electron chi connectivity index (χ4n) is 8.95. The number of aliphatic carboxylic acids is 1. The van der Waals surface area contributed by atoms with E-state index < -0.39 is 24.1 Å². The summed E-state index contributed by atoms with van der Waals surface area (Å²) in [5.41, 5.74) is 11.1. The molecule has 0 bridgehead atoms. The first-order valence-electron chi connectivity index (χ1n) is 24.1. The summed E-state index contributed by atoms with van der Waals surface area (Å²) in [6, 6.07) is 40.4. The number of carbonyl (C=O) groups excluding carboxylic acids is 2. The fraction of sp³-hybridized carbons (Fsp3) is 0.418. The Morgan fingerprint density at radius 1 is 0.691 bits per heavy atom. The van der Waals surface area contributed by atoms with Crippen molar-refractivity contribution in [3.05, 3.63) is 150 Å². The number of piperidine rings is 2. The molecule has 0 radical (unpaired) electrons. The van der Waals surface area contributed by atoms with Crippen LogP contribution in [0.2, 0.25) is 0 Å². The fourth-order valence-corrected chi connectivity index (χ4v) is 8.95. The van der Waals surface area contributed by atoms with E-state index in [0.717, 1.165) is 106 Å². The SMILES string of the molecule is NCCc1ccccc1.O=C(NCCCCc1ccccc1)C1CCCN(C[C@@H](O)CCc2cccc3ncccc23)C1.O=C([O-])C1CCCN(C[C@@H](O)COc2cccc3ncccc23)C1.[Li+]. The number of benzene rings is 4. The Morgan fingerprint density at radius 2 is 1.28 bits per heavy atom. The molecule has 6 aromatic rings. The van der Waals surface area contributed by atoms with Gasteiger partial charge in [0.25, 0.3) is 0 Å². The molecule has 0 aliphatic carbocycles. The van der Waals surface area contributed by atoms with E-state index in [1.807, 2.05) is 83.9 Å². The Labute approximate surface area is 414 Å². The number of hydrogen-bond acceptors (Lipinski definition) is 11. The number of carbonyl (C=O) groups is 2. The van der Waals surface area contributed by atoms with Gasteiger partial charge in [-0.2, -0.15) is 0 Å². The average molecular weight is 917 g/mol. The van der Waals surface area contributed by atoms with Gasteiger partial charge in [-0.05, 0) is 137 Å². The monoisotopic (exact) mass is 917 g/mol. The van der Waals surface area contributed by atoms with Crippen molar-refractivity contribution in [2.45, 2.75) is 76.4 Å². The van der Waals surface area contributed by atoms with Crippen LogP contribution in [0.1, 0.15) is 61.6 Å². The Balaban J connectivity index is 0.000000220. The van der Waals surface area contributed by atoms with E-state index in [2.05, 4.69) is 68.7 Å². The Morgan fingerprint density at radius 3 is 1.94 bits per heavy atom. The van der Waals surface area contributed by atoms with Crippen LogP contribution in [0, 0.1) is 11.8 Å². The molecule has 68 heavy (non-hydrogen) atoms. The van der Waals surface area contributed by atoms with E-state index in [0.29, 0.717) is 38.2 Å². The molecule has 2 aromatic heterocycles. The number of nitrogens with zero attached hydrogens (tertiary/aromatic N) is 4. The number of fused-ring (bicyclic) bond motifs is 2. The van der Waals surface area contributed by atoms with Gasteiger partial charge in [-0.15, -0.1) is 0 Å². The van der Waals surface area contributed by atoms with Gasteiger partial charge >= 0.3 is 18.9 Å². The van der Waals surface area contributed by atoms with Crippen LogP contribution in [0.25, 0.3) is 21.8 Å². The number of carboxylic acids is 1. The maximum atomic E-state index is 12.7. The molecule has 12 nitrogen and oxygen atoms in total. The van der Waals surface area contributed by atoms with Crippen molar-refractivity contribution >= 4 is 33.7 Å². The number of rotatable bonds is 19. The second kappa shape index (κ2) is 29.7. The number of hydrogen-bond donors (Lipinski definition) is 4. The zero-order valence-electron chi connectivity index (χ0n) is 39.8. The first-order chi connectivity index (χ1) is 32.7. The molecular weight excluding hydrogens is 848 g/mol. The molecule has 13 heteroatoms. The van der Waals surface area contributed by atoms with Crippen LogP contribution < -0.4 is 39.8 Å². The number of β-amino-alcohol motifs (C(OH)–C–C–N with tert-alkyl or cyclic N) is 2. The molecule has 2 fully saturated rings. The number of ether oxygens (including phenoxy) is 1. The minimum Gasteiger partial charge on any atom is -0.550 e. The second-order valence-corrected chi connectivity index (χ2v) is 17.7. The quantitative estimate of drug-likeness (QED) is 0.0695. The van der Waals surface area contributed by atoms with Crippen LogP contribution in [0.5, 0.6) is 5.75 Å². The van der Waals surface area contributed by atoms with Crippen molar-refractivity contribution in [1.29, 1.82) is 0 Å². The van der Waals surface area contributed by atoms with Gasteiger partial charge in [0, 0.05) is 67.8 Å². The van der Waals surface area contributed by atoms with Gasteiger partial charge in [0.15, 0.2) is 0 Å². The van der Waals surface area contributed by atoms with E-state index in [9.17, 15) is 24.9 Å². The Bertz CT molecular complexity index is 2370. The molecule has 4 atom stereocenters. The molecule has 0 saturated carbocycles. The standard InChI is InChI=1S/C29H37N3O2.C18H22N2O4.C8H11N.Li/c33-26(17-16-24-12-6-15-28-27(24)14-7-19-30-28)22-32-20-8-13-25(21-32)29(34)31-18-5-4-11-23-9-2-1-3-10-23;21-14(11-20-9-3-4-13(10-20)18(22)23)12-24-17-7-1-6-16-15(17)5-2-8-19-16;9-7-6-8-4-2-1-3-5-8;/h1-3,6-7,9-10,12,14-15,19,25-26,33H,4-5,8,11,13,16-18,20-22H2,(H,31,34);1-2,5-8,13-14,21H,3-4,9-12H2,(H,22,23);1-5H,6-7,9H2;/q;;;+1/p-1/t25?,26-;13?,14-;;/m01../s1. The molecule has 0 spiro atoms. The number of aryl methyl sites for hydroxylation is 2. The molecule has 1 amide bonds. The number of aliphatic hydroxyl groups is 2. The number of likely N-dealkylation sites (tertiary alicyclic amines) is 2. The number of aromatic nitrogens is 2. The van der Waals surface area contributed by atoms with Crippen molar-refractivity contribution in [1.82, 2.24) is 25.1 Å². The summed E-state index contributed by atoms with van der Waals surface area (Å²) in [6.07, 6.45) is 11.5. The summed E-state index contributed by atoms with van der Waals surface area (Å²) >= 11 is 0. The van der Waals surface area contributed by atoms with Gasteiger partial charge in [-0.3, -0.25) is 24.6 Å². The smallest absolute Gasteiger partial charge is 0.550 e. The van der Waals surface area contributed by atoms with Crippen LogP contribution in [0.4, 0.5) is 0 Å². The van der Waals surface area contributed by atoms with E-state index in [4.69, 9.17) is 10.5 Å². The summed E-state index contributed by atoms with van der Waals surface area (Å²) in [7, 11) is 0. The number of pyridine rings is 2. The largest absolute Gasteiger partial charge is 1.00 e. The second-order valence-electron chi connectivity index (χ2n) is 17.7. The van der Waals surface area contributed by atoms with Crippen LogP contribution in [0.3, 0.4) is 0 Å². The first-order valence-corrected chi connectivity index (χ1v) is 24.1. The Kier molecular flexibility index (Phi) is 23.5. The van der Waals surface area contributed by atoms with Crippen LogP contribution >= 0.6 is 0 Å². The van der Waals surface area contributed by atoms with Gasteiger partial charge in [-0.25, -0.2) is 0 Å². The molecule has 2 aliphatic rings. The number of unbranched alkanes of at least 4 members (excludes halogenated alkanes) is 1. The maximum absolute atomic E-state index is 12.7. The van der Waals surface area contributed by atoms with Crippen LogP contribution in [-0.2, 0) is 28.9 Å². The number of nitrogens with one attached hydrogen (secondary N) is 1. The molecule has 4 heterocycles. The predicted molar refractivity (Wildman–Crippen MR) is 264 cm³/mol. The molecule has 2 unspecified atom stereocenters. The number of carboxylic acid groups (broad SMARTS) is 1. The topological polar surface area (TPSA) is 177 Å². The van der Waals surface area contributed by atoms with Crippen LogP contribution in [-0.4, -0.2) is 113 Å². The maximum Gasteiger partial charge on any atom is 1.00 e. The van der Waals surface area contributed by atoms with Gasteiger partial charge in [0.05, 0.1) is 23.1 Å². The van der Waals surface area contributed by atoms with E-state index in [1.165, 1.54) is 16.7 Å². The summed E-state index contributed by atoms with van der Waals surface area (Å²) in [6.45, 7) is 5.57. The van der Waals surface area contributed by atoms with Gasteiger partial charge in [0.1, 0.15) is 18.5 Å². The average Bonchev–Trinajstić information content (AvgIpc) is 3.36. The molecule has 4 aromatic carbocycles. The van der Waals surface area contributed by atoms with Crippen molar-refractivity contribution in [3.63, 3.8) is 0 Å². The van der Waals surface area contributed by atoms with Crippen molar-refractivity contribution in [2.24, 2.45) is 17.6 Å². The zero-order chi connectivity index (χ0) is 47.1. The van der Waals surface area contributed by atoms with E-state index in [1.54, 1.807) is 6.20 Å². The normalized spacial score (nSPS) is 17.0. The number of nitrogens with two attached hydrogens (primary N) is 1. The van der Waals surface area contributed by atoms with Crippen molar-refractivity contribution in [2.75, 3.05) is 59.0 Å². The van der Waals surface area contributed by atoms with Gasteiger partial charge in [0.2, 0.25) is 5.91 Å². The van der Waals surface area contributed by atoms with E-state index >= 15 is 0 Å². The molecule has 356 valence electrons. The predicted octanol–water partition coefficient (Wildman–Crippen LogP) is 3.01. The minimum atomic E-state index is -1.01. The van der Waals surface area contributed by atoms with Gasteiger partial charge < -0.3 is 35.9 Å². The molecule has 8 rings (SSSR count). The molecule has 2 aliphatic heterocycles. The first kappa shape index (κ1) is 53.8. The zero-order valence-corrected chi connectivity index (χ0v) is 39.8. The summed E-state index contributed by atoms with van der Waals surface area (Å²) in [5, 5.41) is 37.1. The minimum absolute atomic E-state index is 0. The molecule has 2 saturated heterocycles.